The van der Waals surface area contributed by atoms with Gasteiger partial charge in [-0.05, 0) is 55.8 Å². The third-order valence-corrected chi connectivity index (χ3v) is 8.66. The second-order valence-electron chi connectivity index (χ2n) is 11.5. The fourth-order valence-corrected chi connectivity index (χ4v) is 6.03. The summed E-state index contributed by atoms with van der Waals surface area (Å²) < 4.78 is 0. The number of carbonyl (C=O) groups is 1. The van der Waals surface area contributed by atoms with Crippen molar-refractivity contribution < 1.29 is 4.79 Å². The fourth-order valence-electron chi connectivity index (χ4n) is 5.78. The SMILES string of the molecule is C/C=C\C=C(/CNC)C(=NCCN1CCN(C(c2ccc(Cl)cc2)c2ccc(Cl)cc2)CC1)N(CCCCCC)CCNC=O. The van der Waals surface area contributed by atoms with Gasteiger partial charge in [0.05, 0.1) is 12.6 Å². The highest BCUT2D eigenvalue weighted by molar-refractivity contribution is 6.30. The second kappa shape index (κ2) is 21.2. The van der Waals surface area contributed by atoms with Gasteiger partial charge in [0.1, 0.15) is 5.84 Å². The van der Waals surface area contributed by atoms with Crippen LogP contribution in [0.1, 0.15) is 56.7 Å². The van der Waals surface area contributed by atoms with Crippen LogP contribution in [0, 0.1) is 0 Å². The van der Waals surface area contributed by atoms with Crippen molar-refractivity contribution in [3.8, 4) is 0 Å². The van der Waals surface area contributed by atoms with Gasteiger partial charge in [-0.3, -0.25) is 19.6 Å². The summed E-state index contributed by atoms with van der Waals surface area (Å²) in [7, 11) is 1.97. The van der Waals surface area contributed by atoms with E-state index in [1.165, 1.54) is 30.4 Å². The van der Waals surface area contributed by atoms with Crippen LogP contribution in [0.25, 0.3) is 0 Å². The van der Waals surface area contributed by atoms with Gasteiger partial charge < -0.3 is 15.5 Å². The van der Waals surface area contributed by atoms with E-state index >= 15 is 0 Å². The number of piperazine rings is 1. The van der Waals surface area contributed by atoms with E-state index in [0.717, 1.165) is 93.2 Å². The van der Waals surface area contributed by atoms with Crippen LogP contribution in [0.4, 0.5) is 0 Å². The minimum Gasteiger partial charge on any atom is -0.357 e. The number of benzene rings is 2. The number of aliphatic imine (C=N–C) groups is 1. The number of unbranched alkanes of at least 4 members (excludes halogenated alkanes) is 3. The van der Waals surface area contributed by atoms with Crippen LogP contribution in [-0.4, -0.2) is 99.4 Å². The molecule has 1 heterocycles. The molecule has 0 aliphatic carbocycles. The minimum absolute atomic E-state index is 0.147. The number of likely N-dealkylation sites (N-methyl/N-ethyl adjacent to an activating group) is 1. The minimum atomic E-state index is 0.147. The average molecular weight is 656 g/mol. The van der Waals surface area contributed by atoms with Crippen molar-refractivity contribution in [1.29, 1.82) is 0 Å². The van der Waals surface area contributed by atoms with Gasteiger partial charge in [-0.2, -0.15) is 0 Å². The molecule has 0 aromatic heterocycles. The third kappa shape index (κ3) is 12.6. The molecule has 45 heavy (non-hydrogen) atoms. The molecule has 0 atom stereocenters. The van der Waals surface area contributed by atoms with Gasteiger partial charge in [0.2, 0.25) is 6.41 Å². The van der Waals surface area contributed by atoms with Crippen molar-refractivity contribution in [2.24, 2.45) is 4.99 Å². The van der Waals surface area contributed by atoms with E-state index in [1.54, 1.807) is 0 Å². The number of nitrogens with zero attached hydrogens (tertiary/aromatic N) is 4. The summed E-state index contributed by atoms with van der Waals surface area (Å²) >= 11 is 12.5. The fraction of sp³-hybridized carbons (Fsp3) is 0.500. The monoisotopic (exact) mass is 654 g/mol. The first-order valence-electron chi connectivity index (χ1n) is 16.4. The Kier molecular flexibility index (Phi) is 17.3. The van der Waals surface area contributed by atoms with Gasteiger partial charge in [-0.1, -0.05) is 91.9 Å². The summed E-state index contributed by atoms with van der Waals surface area (Å²) in [5.41, 5.74) is 3.63. The molecule has 0 saturated carbocycles. The molecule has 246 valence electrons. The zero-order valence-electron chi connectivity index (χ0n) is 27.4. The number of nitrogens with one attached hydrogen (secondary N) is 2. The number of carbonyl (C=O) groups excluding carboxylic acids is 1. The number of halogens is 2. The maximum atomic E-state index is 11.0. The Labute approximate surface area is 281 Å². The lowest BCUT2D eigenvalue weighted by Gasteiger charge is -2.39. The molecule has 1 aliphatic rings. The van der Waals surface area contributed by atoms with E-state index in [1.807, 2.05) is 44.3 Å². The number of amidine groups is 1. The summed E-state index contributed by atoms with van der Waals surface area (Å²) in [6.07, 6.45) is 11.8. The van der Waals surface area contributed by atoms with E-state index in [9.17, 15) is 4.79 Å². The largest absolute Gasteiger partial charge is 0.357 e. The average Bonchev–Trinajstić information content (AvgIpc) is 3.05. The number of amides is 1. The van der Waals surface area contributed by atoms with Crippen LogP contribution >= 0.6 is 23.2 Å². The van der Waals surface area contributed by atoms with Crippen molar-refractivity contribution >= 4 is 35.4 Å². The van der Waals surface area contributed by atoms with Crippen LogP contribution < -0.4 is 10.6 Å². The first-order valence-corrected chi connectivity index (χ1v) is 17.2. The maximum Gasteiger partial charge on any atom is 0.207 e. The zero-order valence-corrected chi connectivity index (χ0v) is 28.9. The summed E-state index contributed by atoms with van der Waals surface area (Å²) in [5.74, 6) is 1.02. The molecule has 1 amide bonds. The molecule has 9 heteroatoms. The van der Waals surface area contributed by atoms with E-state index < -0.39 is 0 Å². The molecule has 0 spiro atoms. The molecule has 2 aromatic carbocycles. The Morgan fingerprint density at radius 2 is 1.60 bits per heavy atom. The first kappa shape index (κ1) is 36.8. The summed E-state index contributed by atoms with van der Waals surface area (Å²) in [4.78, 5) is 23.7. The lowest BCUT2D eigenvalue weighted by Crippen LogP contribution is -2.48. The van der Waals surface area contributed by atoms with E-state index in [-0.39, 0.29) is 6.04 Å². The van der Waals surface area contributed by atoms with E-state index in [0.29, 0.717) is 6.54 Å². The molecule has 3 rings (SSSR count). The van der Waals surface area contributed by atoms with Crippen LogP contribution in [0.15, 0.2) is 77.3 Å². The van der Waals surface area contributed by atoms with E-state index in [4.69, 9.17) is 28.2 Å². The highest BCUT2D eigenvalue weighted by Gasteiger charge is 2.26. The molecule has 2 aromatic rings. The van der Waals surface area contributed by atoms with Crippen LogP contribution in [-0.2, 0) is 4.79 Å². The molecule has 1 fully saturated rings. The molecule has 0 radical (unpaired) electrons. The Balaban J connectivity index is 1.73. The molecule has 1 saturated heterocycles. The Bertz CT molecular complexity index is 1160. The van der Waals surface area contributed by atoms with Crippen LogP contribution in [0.3, 0.4) is 0 Å². The summed E-state index contributed by atoms with van der Waals surface area (Å²) in [5, 5.41) is 7.67. The molecule has 7 nitrogen and oxygen atoms in total. The summed E-state index contributed by atoms with van der Waals surface area (Å²) in [6, 6.07) is 16.6. The molecule has 0 unspecified atom stereocenters. The number of allylic oxidation sites excluding steroid dienone is 3. The smallest absolute Gasteiger partial charge is 0.207 e. The van der Waals surface area contributed by atoms with Gasteiger partial charge in [-0.15, -0.1) is 0 Å². The third-order valence-electron chi connectivity index (χ3n) is 8.16. The topological polar surface area (TPSA) is 63.2 Å². The van der Waals surface area contributed by atoms with Gasteiger partial charge in [0.25, 0.3) is 0 Å². The van der Waals surface area contributed by atoms with Gasteiger partial charge in [-0.25, -0.2) is 0 Å². The van der Waals surface area contributed by atoms with E-state index in [2.05, 4.69) is 68.7 Å². The van der Waals surface area contributed by atoms with Gasteiger partial charge in [0.15, 0.2) is 0 Å². The quantitative estimate of drug-likeness (QED) is 0.0599. The van der Waals surface area contributed by atoms with Gasteiger partial charge >= 0.3 is 0 Å². The molecular formula is C36H52Cl2N6O. The summed E-state index contributed by atoms with van der Waals surface area (Å²) in [6.45, 7) is 12.7. The number of rotatable bonds is 19. The van der Waals surface area contributed by atoms with Crippen molar-refractivity contribution in [3.63, 3.8) is 0 Å². The Hall–Kier alpha value is -2.68. The van der Waals surface area contributed by atoms with Crippen LogP contribution in [0.5, 0.6) is 0 Å². The normalized spacial score (nSPS) is 15.2. The lowest BCUT2D eigenvalue weighted by molar-refractivity contribution is -0.109. The number of hydrogen-bond acceptors (Lipinski definition) is 5. The standard InChI is InChI=1S/C36H52Cl2N6O/c1-4-6-8-9-21-44(23-19-40-29-45)36(32(28-39-3)10-7-5-2)41-20-22-42-24-26-43(27-25-42)35(30-11-15-33(37)16-12-30)31-13-17-34(38)18-14-31/h5,7,10-18,29,35,39H,4,6,8-9,19-28H2,1-3H3,(H,40,45)/b7-5-,32-10+,41-36?. The Morgan fingerprint density at radius 1 is 0.956 bits per heavy atom. The second-order valence-corrected chi connectivity index (χ2v) is 12.3. The predicted molar refractivity (Wildman–Crippen MR) is 192 cm³/mol. The van der Waals surface area contributed by atoms with Crippen molar-refractivity contribution in [2.75, 3.05) is 72.5 Å². The maximum absolute atomic E-state index is 11.0. The lowest BCUT2D eigenvalue weighted by atomic mass is 9.96. The highest BCUT2D eigenvalue weighted by Crippen LogP contribution is 2.31. The highest BCUT2D eigenvalue weighted by atomic mass is 35.5. The number of hydrogen-bond donors (Lipinski definition) is 2. The molecule has 2 N–H and O–H groups in total. The van der Waals surface area contributed by atoms with Crippen molar-refractivity contribution in [3.05, 3.63) is 93.5 Å². The predicted octanol–water partition coefficient (Wildman–Crippen LogP) is 6.45. The van der Waals surface area contributed by atoms with Crippen LogP contribution in [0.2, 0.25) is 10.0 Å². The molecule has 0 bridgehead atoms. The Morgan fingerprint density at radius 3 is 2.16 bits per heavy atom. The van der Waals surface area contributed by atoms with Crippen molar-refractivity contribution in [1.82, 2.24) is 25.3 Å². The van der Waals surface area contributed by atoms with Gasteiger partial charge in [0, 0.05) is 74.5 Å². The first-order chi connectivity index (χ1) is 22.0. The molecule has 1 aliphatic heterocycles. The molecular weight excluding hydrogens is 603 g/mol. The zero-order chi connectivity index (χ0) is 32.3. The van der Waals surface area contributed by atoms with Crippen molar-refractivity contribution in [2.45, 2.75) is 45.6 Å².